The number of hydrogen-bond donors (Lipinski definition) is 1. The molecular formula is C15H22N6. The first-order chi connectivity index (χ1) is 10.3. The van der Waals surface area contributed by atoms with Crippen molar-refractivity contribution in [3.63, 3.8) is 0 Å². The van der Waals surface area contributed by atoms with Gasteiger partial charge in [-0.2, -0.15) is 0 Å². The number of nitrogens with two attached hydrogens (primary N) is 1. The minimum absolute atomic E-state index is 0.782. The van der Waals surface area contributed by atoms with Crippen molar-refractivity contribution in [2.75, 3.05) is 12.3 Å². The maximum absolute atomic E-state index is 6.10. The fraction of sp³-hybridized carbons (Fsp3) is 0.533. The maximum Gasteiger partial charge on any atom is 0.165 e. The van der Waals surface area contributed by atoms with Crippen molar-refractivity contribution >= 4 is 5.69 Å². The molecule has 0 aliphatic carbocycles. The highest BCUT2D eigenvalue weighted by atomic mass is 15.5. The lowest BCUT2D eigenvalue weighted by atomic mass is 9.98. The second-order valence-electron chi connectivity index (χ2n) is 5.62. The molecule has 6 heteroatoms. The molecule has 0 saturated heterocycles. The summed E-state index contributed by atoms with van der Waals surface area (Å²) in [6, 6.07) is 6.19. The molecule has 0 amide bonds. The third-order valence-corrected chi connectivity index (χ3v) is 4.08. The van der Waals surface area contributed by atoms with Crippen molar-refractivity contribution in [2.45, 2.75) is 45.8 Å². The summed E-state index contributed by atoms with van der Waals surface area (Å²) in [4.78, 5) is 2.37. The van der Waals surface area contributed by atoms with E-state index >= 15 is 0 Å². The number of rotatable bonds is 5. The van der Waals surface area contributed by atoms with Gasteiger partial charge >= 0.3 is 0 Å². The van der Waals surface area contributed by atoms with E-state index < -0.39 is 0 Å². The zero-order chi connectivity index (χ0) is 14.7. The normalized spacial score (nSPS) is 15.1. The molecule has 2 aromatic rings. The summed E-state index contributed by atoms with van der Waals surface area (Å²) >= 11 is 0. The first kappa shape index (κ1) is 14.0. The second-order valence-corrected chi connectivity index (χ2v) is 5.62. The molecule has 0 saturated carbocycles. The van der Waals surface area contributed by atoms with Gasteiger partial charge in [0.05, 0.1) is 6.54 Å². The van der Waals surface area contributed by atoms with E-state index in [1.165, 1.54) is 11.1 Å². The van der Waals surface area contributed by atoms with Crippen LogP contribution in [0.2, 0.25) is 0 Å². The van der Waals surface area contributed by atoms with Crippen LogP contribution in [0.15, 0.2) is 18.2 Å². The standard InChI is InChI=1S/C15H22N6/c1-2-3-8-21-15(17-18-19-21)11-20-9-7-12-5-4-6-14(16)13(12)10-20/h4-6H,2-3,7-11,16H2,1H3. The van der Waals surface area contributed by atoms with Gasteiger partial charge in [-0.05, 0) is 40.5 Å². The minimum atomic E-state index is 0.782. The van der Waals surface area contributed by atoms with Gasteiger partial charge in [0.2, 0.25) is 0 Å². The first-order valence-electron chi connectivity index (χ1n) is 7.61. The number of aromatic nitrogens is 4. The van der Waals surface area contributed by atoms with E-state index in [0.29, 0.717) is 0 Å². The fourth-order valence-corrected chi connectivity index (χ4v) is 2.82. The van der Waals surface area contributed by atoms with Crippen molar-refractivity contribution in [2.24, 2.45) is 0 Å². The van der Waals surface area contributed by atoms with E-state index in [9.17, 15) is 0 Å². The van der Waals surface area contributed by atoms with Gasteiger partial charge in [-0.1, -0.05) is 25.5 Å². The van der Waals surface area contributed by atoms with Gasteiger partial charge in [0.1, 0.15) is 0 Å². The minimum Gasteiger partial charge on any atom is -0.398 e. The molecule has 2 N–H and O–H groups in total. The van der Waals surface area contributed by atoms with Crippen LogP contribution in [-0.4, -0.2) is 31.7 Å². The molecule has 6 nitrogen and oxygen atoms in total. The highest BCUT2D eigenvalue weighted by molar-refractivity contribution is 5.51. The Balaban J connectivity index is 1.70. The molecule has 0 spiro atoms. The van der Waals surface area contributed by atoms with Crippen LogP contribution in [-0.2, 0) is 26.1 Å². The molecule has 1 aromatic carbocycles. The van der Waals surface area contributed by atoms with Crippen LogP contribution in [0.3, 0.4) is 0 Å². The van der Waals surface area contributed by atoms with Gasteiger partial charge < -0.3 is 5.73 Å². The van der Waals surface area contributed by atoms with Crippen LogP contribution in [0, 0.1) is 0 Å². The van der Waals surface area contributed by atoms with Crippen LogP contribution in [0.25, 0.3) is 0 Å². The van der Waals surface area contributed by atoms with E-state index in [-0.39, 0.29) is 0 Å². The predicted octanol–water partition coefficient (Wildman–Crippen LogP) is 1.61. The number of tetrazole rings is 1. The highest BCUT2D eigenvalue weighted by Gasteiger charge is 2.20. The zero-order valence-electron chi connectivity index (χ0n) is 12.5. The zero-order valence-corrected chi connectivity index (χ0v) is 12.5. The van der Waals surface area contributed by atoms with Crippen LogP contribution >= 0.6 is 0 Å². The number of unbranched alkanes of at least 4 members (excludes halogenated alkanes) is 1. The fourth-order valence-electron chi connectivity index (χ4n) is 2.82. The number of nitrogens with zero attached hydrogens (tertiary/aromatic N) is 5. The maximum atomic E-state index is 6.10. The van der Waals surface area contributed by atoms with Crippen molar-refractivity contribution in [3.05, 3.63) is 35.2 Å². The molecule has 112 valence electrons. The van der Waals surface area contributed by atoms with Crippen molar-refractivity contribution in [1.29, 1.82) is 0 Å². The smallest absolute Gasteiger partial charge is 0.165 e. The highest BCUT2D eigenvalue weighted by Crippen LogP contribution is 2.24. The summed E-state index contributed by atoms with van der Waals surface area (Å²) in [5.41, 5.74) is 9.62. The lowest BCUT2D eigenvalue weighted by Gasteiger charge is -2.29. The molecule has 21 heavy (non-hydrogen) atoms. The molecular weight excluding hydrogens is 264 g/mol. The summed E-state index contributed by atoms with van der Waals surface area (Å²) in [5.74, 6) is 0.946. The first-order valence-corrected chi connectivity index (χ1v) is 7.61. The molecule has 2 heterocycles. The molecule has 0 radical (unpaired) electrons. The summed E-state index contributed by atoms with van der Waals surface area (Å²) in [7, 11) is 0. The third kappa shape index (κ3) is 3.05. The summed E-state index contributed by atoms with van der Waals surface area (Å²) in [5, 5.41) is 12.1. The number of aryl methyl sites for hydroxylation is 1. The number of hydrogen-bond acceptors (Lipinski definition) is 5. The quantitative estimate of drug-likeness (QED) is 0.845. The molecule has 1 aromatic heterocycles. The van der Waals surface area contributed by atoms with Crippen molar-refractivity contribution in [1.82, 2.24) is 25.1 Å². The Bertz CT molecular complexity index is 606. The second kappa shape index (κ2) is 6.22. The van der Waals surface area contributed by atoms with E-state index in [1.807, 2.05) is 16.8 Å². The monoisotopic (exact) mass is 286 g/mol. The number of anilines is 1. The third-order valence-electron chi connectivity index (χ3n) is 4.08. The topological polar surface area (TPSA) is 72.9 Å². The lowest BCUT2D eigenvalue weighted by molar-refractivity contribution is 0.234. The van der Waals surface area contributed by atoms with E-state index in [4.69, 9.17) is 5.73 Å². The van der Waals surface area contributed by atoms with Gasteiger partial charge in [0, 0.05) is 25.3 Å². The summed E-state index contributed by atoms with van der Waals surface area (Å²) < 4.78 is 1.92. The molecule has 1 aliphatic rings. The van der Waals surface area contributed by atoms with Gasteiger partial charge in [0.15, 0.2) is 5.82 Å². The van der Waals surface area contributed by atoms with Crippen LogP contribution < -0.4 is 5.73 Å². The van der Waals surface area contributed by atoms with Gasteiger partial charge in [-0.3, -0.25) is 4.90 Å². The average molecular weight is 286 g/mol. The summed E-state index contributed by atoms with van der Waals surface area (Å²) in [6.07, 6.45) is 3.29. The van der Waals surface area contributed by atoms with Gasteiger partial charge in [-0.25, -0.2) is 4.68 Å². The predicted molar refractivity (Wildman–Crippen MR) is 81.4 cm³/mol. The van der Waals surface area contributed by atoms with E-state index in [2.05, 4.69) is 33.4 Å². The summed E-state index contributed by atoms with van der Waals surface area (Å²) in [6.45, 7) is 5.75. The van der Waals surface area contributed by atoms with E-state index in [0.717, 1.165) is 57.0 Å². The SMILES string of the molecule is CCCCn1nnnc1CN1CCc2cccc(N)c2C1. The Kier molecular flexibility index (Phi) is 4.15. The molecule has 0 fully saturated rings. The molecule has 3 rings (SSSR count). The molecule has 0 bridgehead atoms. The van der Waals surface area contributed by atoms with Crippen LogP contribution in [0.4, 0.5) is 5.69 Å². The molecule has 0 atom stereocenters. The van der Waals surface area contributed by atoms with Crippen molar-refractivity contribution in [3.8, 4) is 0 Å². The van der Waals surface area contributed by atoms with Crippen molar-refractivity contribution < 1.29 is 0 Å². The Hall–Kier alpha value is -1.95. The van der Waals surface area contributed by atoms with Crippen LogP contribution in [0.1, 0.15) is 36.7 Å². The number of fused-ring (bicyclic) bond motifs is 1. The van der Waals surface area contributed by atoms with Crippen LogP contribution in [0.5, 0.6) is 0 Å². The lowest BCUT2D eigenvalue weighted by Crippen LogP contribution is -2.31. The number of benzene rings is 1. The van der Waals surface area contributed by atoms with Gasteiger partial charge in [0.25, 0.3) is 0 Å². The Labute approximate surface area is 124 Å². The number of nitrogen functional groups attached to an aromatic ring is 1. The molecule has 1 aliphatic heterocycles. The van der Waals surface area contributed by atoms with Gasteiger partial charge in [-0.15, -0.1) is 5.10 Å². The largest absolute Gasteiger partial charge is 0.398 e. The average Bonchev–Trinajstić information content (AvgIpc) is 2.93. The van der Waals surface area contributed by atoms with E-state index in [1.54, 1.807) is 0 Å². The Morgan fingerprint density at radius 3 is 3.10 bits per heavy atom. The Morgan fingerprint density at radius 1 is 1.33 bits per heavy atom. The molecule has 0 unspecified atom stereocenters. The Morgan fingerprint density at radius 2 is 2.24 bits per heavy atom.